The Hall–Kier alpha value is -3.68. The minimum atomic E-state index is -1.08. The molecule has 2 aromatic carbocycles. The molecule has 2 N–H and O–H groups in total. The summed E-state index contributed by atoms with van der Waals surface area (Å²) in [5.41, 5.74) is 1.54. The smallest absolute Gasteiger partial charge is 0.309 e. The van der Waals surface area contributed by atoms with Crippen LogP contribution in [0.2, 0.25) is 0 Å². The molecule has 0 saturated carbocycles. The van der Waals surface area contributed by atoms with Crippen LogP contribution in [-0.2, 0) is 41.9 Å². The van der Waals surface area contributed by atoms with Gasteiger partial charge in [-0.05, 0) is 30.4 Å². The number of carbonyl (C=O) groups is 4. The van der Waals surface area contributed by atoms with E-state index in [0.717, 1.165) is 11.1 Å². The third-order valence-corrected chi connectivity index (χ3v) is 5.10. The van der Waals surface area contributed by atoms with Gasteiger partial charge in [-0.15, -0.1) is 0 Å². The number of carboxylic acid groups (broad SMARTS) is 2. The summed E-state index contributed by atoms with van der Waals surface area (Å²) in [6.07, 6.45) is -0.676. The van der Waals surface area contributed by atoms with Crippen molar-refractivity contribution in [1.82, 2.24) is 0 Å². The summed E-state index contributed by atoms with van der Waals surface area (Å²) in [6.45, 7) is 0.0307. The van der Waals surface area contributed by atoms with Gasteiger partial charge >= 0.3 is 23.9 Å². The number of carboxylic acids is 2. The summed E-state index contributed by atoms with van der Waals surface area (Å²) in [6, 6.07) is 18.0. The highest BCUT2D eigenvalue weighted by Gasteiger charge is 2.30. The minimum Gasteiger partial charge on any atom is -0.481 e. The fourth-order valence-electron chi connectivity index (χ4n) is 3.30. The maximum absolute atomic E-state index is 12.7. The van der Waals surface area contributed by atoms with E-state index in [1.165, 1.54) is 0 Å². The number of benzene rings is 2. The summed E-state index contributed by atoms with van der Waals surface area (Å²) >= 11 is 0. The van der Waals surface area contributed by atoms with Crippen molar-refractivity contribution in [3.63, 3.8) is 0 Å². The average Bonchev–Trinajstić information content (AvgIpc) is 2.81. The number of aliphatic carboxylic acids is 2. The third kappa shape index (κ3) is 9.99. The highest BCUT2D eigenvalue weighted by Crippen LogP contribution is 2.25. The Balaban J connectivity index is 2.06. The molecule has 0 spiro atoms. The molecule has 0 aliphatic rings. The van der Waals surface area contributed by atoms with Gasteiger partial charge in [0.15, 0.2) is 0 Å². The van der Waals surface area contributed by atoms with Crippen molar-refractivity contribution in [2.75, 3.05) is 0 Å². The van der Waals surface area contributed by atoms with Gasteiger partial charge in [-0.1, -0.05) is 60.7 Å². The lowest BCUT2D eigenvalue weighted by molar-refractivity contribution is -0.155. The lowest BCUT2D eigenvalue weighted by atomic mass is 9.88. The van der Waals surface area contributed by atoms with Crippen molar-refractivity contribution in [2.45, 2.75) is 45.3 Å². The predicted molar refractivity (Wildman–Crippen MR) is 118 cm³/mol. The second-order valence-electron chi connectivity index (χ2n) is 7.68. The number of esters is 2. The lowest BCUT2D eigenvalue weighted by Crippen LogP contribution is -2.27. The largest absolute Gasteiger partial charge is 0.481 e. The summed E-state index contributed by atoms with van der Waals surface area (Å²) in [4.78, 5) is 47.6. The van der Waals surface area contributed by atoms with E-state index in [0.29, 0.717) is 0 Å². The quantitative estimate of drug-likeness (QED) is 0.411. The summed E-state index contributed by atoms with van der Waals surface area (Å²) in [5.74, 6) is -5.18. The van der Waals surface area contributed by atoms with Gasteiger partial charge in [-0.2, -0.15) is 0 Å². The van der Waals surface area contributed by atoms with Gasteiger partial charge in [0.1, 0.15) is 13.2 Å². The molecule has 0 amide bonds. The fourth-order valence-corrected chi connectivity index (χ4v) is 3.30. The summed E-state index contributed by atoms with van der Waals surface area (Å²) < 4.78 is 10.7. The minimum absolute atomic E-state index is 0.0154. The Morgan fingerprint density at radius 1 is 0.636 bits per heavy atom. The Morgan fingerprint density at radius 2 is 1.00 bits per heavy atom. The molecule has 2 rings (SSSR count). The topological polar surface area (TPSA) is 127 Å². The van der Waals surface area contributed by atoms with Gasteiger partial charge < -0.3 is 19.7 Å². The maximum atomic E-state index is 12.7. The Kier molecular flexibility index (Phi) is 10.6. The summed E-state index contributed by atoms with van der Waals surface area (Å²) in [5, 5.41) is 18.1. The number of hydrogen-bond acceptors (Lipinski definition) is 6. The number of carbonyl (C=O) groups excluding carboxylic acids is 2. The van der Waals surface area contributed by atoms with Crippen LogP contribution in [0.1, 0.15) is 43.2 Å². The average molecular weight is 456 g/mol. The van der Waals surface area contributed by atoms with Gasteiger partial charge in [0.05, 0.1) is 11.8 Å². The standard InChI is InChI=1S/C25H28O8/c26-22(27)13-11-20(24(30)32-16-18-7-3-1-4-8-18)15-21(12-14-23(28)29)25(31)33-17-19-9-5-2-6-10-19/h1-10,20-21H,11-17H2,(H,26,27)(H,28,29). The van der Waals surface area contributed by atoms with Crippen LogP contribution in [0.4, 0.5) is 0 Å². The molecule has 0 aliphatic heterocycles. The van der Waals surface area contributed by atoms with E-state index in [1.54, 1.807) is 48.5 Å². The molecule has 33 heavy (non-hydrogen) atoms. The van der Waals surface area contributed by atoms with Gasteiger partial charge in [0.25, 0.3) is 0 Å². The van der Waals surface area contributed by atoms with Crippen molar-refractivity contribution in [3.05, 3.63) is 71.8 Å². The highest BCUT2D eigenvalue weighted by atomic mass is 16.5. The number of ether oxygens (including phenoxy) is 2. The molecule has 2 aromatic rings. The van der Waals surface area contributed by atoms with Crippen LogP contribution in [0.15, 0.2) is 60.7 Å². The van der Waals surface area contributed by atoms with E-state index in [9.17, 15) is 19.2 Å². The molecule has 8 nitrogen and oxygen atoms in total. The molecular weight excluding hydrogens is 428 g/mol. The molecular formula is C25H28O8. The van der Waals surface area contributed by atoms with Crippen LogP contribution >= 0.6 is 0 Å². The predicted octanol–water partition coefficient (Wildman–Crippen LogP) is 3.83. The van der Waals surface area contributed by atoms with Crippen LogP contribution in [0.3, 0.4) is 0 Å². The molecule has 0 saturated heterocycles. The maximum Gasteiger partial charge on any atom is 0.309 e. The Morgan fingerprint density at radius 3 is 1.33 bits per heavy atom. The lowest BCUT2D eigenvalue weighted by Gasteiger charge is -2.21. The number of hydrogen-bond donors (Lipinski definition) is 2. The Labute approximate surface area is 192 Å². The van der Waals surface area contributed by atoms with Crippen LogP contribution in [0.25, 0.3) is 0 Å². The fraction of sp³-hybridized carbons (Fsp3) is 0.360. The zero-order chi connectivity index (χ0) is 24.1. The first-order valence-corrected chi connectivity index (χ1v) is 10.7. The van der Waals surface area contributed by atoms with E-state index in [-0.39, 0.29) is 45.3 Å². The molecule has 0 aliphatic carbocycles. The van der Waals surface area contributed by atoms with Crippen molar-refractivity contribution in [3.8, 4) is 0 Å². The van der Waals surface area contributed by atoms with E-state index >= 15 is 0 Å². The highest BCUT2D eigenvalue weighted by molar-refractivity contribution is 5.77. The van der Waals surface area contributed by atoms with Crippen molar-refractivity contribution in [2.24, 2.45) is 11.8 Å². The zero-order valence-corrected chi connectivity index (χ0v) is 18.2. The van der Waals surface area contributed by atoms with Crippen molar-refractivity contribution in [1.29, 1.82) is 0 Å². The zero-order valence-electron chi connectivity index (χ0n) is 18.2. The van der Waals surface area contributed by atoms with Crippen molar-refractivity contribution < 1.29 is 38.9 Å². The molecule has 2 atom stereocenters. The van der Waals surface area contributed by atoms with E-state index < -0.39 is 35.7 Å². The first kappa shape index (κ1) is 25.6. The number of rotatable bonds is 14. The normalized spacial score (nSPS) is 12.4. The molecule has 0 heterocycles. The summed E-state index contributed by atoms with van der Waals surface area (Å²) in [7, 11) is 0. The second kappa shape index (κ2) is 13.7. The SMILES string of the molecule is O=C(O)CCC(CC(CCC(=O)O)C(=O)OCc1ccccc1)C(=O)OCc1ccccc1. The monoisotopic (exact) mass is 456 g/mol. The van der Waals surface area contributed by atoms with Gasteiger partial charge in [0.2, 0.25) is 0 Å². The van der Waals surface area contributed by atoms with Crippen LogP contribution in [0, 0.1) is 11.8 Å². The molecule has 176 valence electrons. The van der Waals surface area contributed by atoms with Crippen LogP contribution in [-0.4, -0.2) is 34.1 Å². The van der Waals surface area contributed by atoms with Crippen LogP contribution < -0.4 is 0 Å². The second-order valence-corrected chi connectivity index (χ2v) is 7.68. The first-order valence-electron chi connectivity index (χ1n) is 10.7. The van der Waals surface area contributed by atoms with E-state index in [2.05, 4.69) is 0 Å². The molecule has 8 heteroatoms. The molecule has 0 fully saturated rings. The molecule has 0 bridgehead atoms. The first-order chi connectivity index (χ1) is 15.8. The van der Waals surface area contributed by atoms with E-state index in [1.807, 2.05) is 12.1 Å². The van der Waals surface area contributed by atoms with Crippen LogP contribution in [0.5, 0.6) is 0 Å². The molecule has 2 unspecified atom stereocenters. The van der Waals surface area contributed by atoms with Gasteiger partial charge in [-0.3, -0.25) is 19.2 Å². The van der Waals surface area contributed by atoms with Gasteiger partial charge in [0, 0.05) is 12.8 Å². The third-order valence-electron chi connectivity index (χ3n) is 5.10. The Bertz CT molecular complexity index is 835. The molecule has 0 radical (unpaired) electrons. The molecule has 0 aromatic heterocycles. The van der Waals surface area contributed by atoms with Crippen molar-refractivity contribution >= 4 is 23.9 Å². The van der Waals surface area contributed by atoms with Gasteiger partial charge in [-0.25, -0.2) is 0 Å². The van der Waals surface area contributed by atoms with E-state index in [4.69, 9.17) is 19.7 Å².